The van der Waals surface area contributed by atoms with Crippen molar-refractivity contribution in [1.82, 2.24) is 4.98 Å². The van der Waals surface area contributed by atoms with Crippen LogP contribution in [0.3, 0.4) is 0 Å². The monoisotopic (exact) mass is 596 g/mol. The molecule has 1 aromatic heterocycles. The summed E-state index contributed by atoms with van der Waals surface area (Å²) in [5.41, 5.74) is -2.35. The SMILES string of the molecule is COc1ccc(S(=O)(=O)Nc2cnc(N3CCC(O)(c4ccc(Cl)c(C(F)(F)F)c4)CC3)c(C#N)c2)cc1OC. The molecule has 1 saturated heterocycles. The summed E-state index contributed by atoms with van der Waals surface area (Å²) in [6.07, 6.45) is -3.29. The molecule has 9 nitrogen and oxygen atoms in total. The van der Waals surface area contributed by atoms with Crippen molar-refractivity contribution in [3.05, 3.63) is 70.4 Å². The third-order valence-electron chi connectivity index (χ3n) is 6.60. The standard InChI is InChI=1S/C26H24ClF3N4O5S/c1-38-22-6-4-19(13-23(22)39-2)40(36,37)33-18-11-16(14-31)24(32-15-18)34-9-7-25(35,8-10-34)17-3-5-21(27)20(12-17)26(28,29)30/h3-6,11-13,15,33,35H,7-10H2,1-2H3. The highest BCUT2D eigenvalue weighted by Gasteiger charge is 2.39. The molecule has 4 rings (SSSR count). The molecule has 212 valence electrons. The van der Waals surface area contributed by atoms with E-state index in [4.69, 9.17) is 21.1 Å². The van der Waals surface area contributed by atoms with Crippen molar-refractivity contribution in [3.8, 4) is 17.6 Å². The fraction of sp³-hybridized carbons (Fsp3) is 0.308. The van der Waals surface area contributed by atoms with Crippen LogP contribution < -0.4 is 19.1 Å². The number of pyridine rings is 1. The van der Waals surface area contributed by atoms with Crippen molar-refractivity contribution in [1.29, 1.82) is 5.26 Å². The Morgan fingerprint density at radius 2 is 1.77 bits per heavy atom. The van der Waals surface area contributed by atoms with Crippen LogP contribution in [0.1, 0.15) is 29.5 Å². The van der Waals surface area contributed by atoms with Crippen molar-refractivity contribution in [2.75, 3.05) is 36.9 Å². The fourth-order valence-electron chi connectivity index (χ4n) is 4.45. The topological polar surface area (TPSA) is 125 Å². The van der Waals surface area contributed by atoms with Crippen LogP contribution in [0.4, 0.5) is 24.7 Å². The number of anilines is 2. The lowest BCUT2D eigenvalue weighted by Gasteiger charge is -2.39. The van der Waals surface area contributed by atoms with Crippen LogP contribution in [-0.2, 0) is 21.8 Å². The molecule has 0 bridgehead atoms. The van der Waals surface area contributed by atoms with Gasteiger partial charge >= 0.3 is 6.18 Å². The predicted molar refractivity (Wildman–Crippen MR) is 141 cm³/mol. The number of ether oxygens (including phenoxy) is 2. The van der Waals surface area contributed by atoms with Crippen molar-refractivity contribution < 1.29 is 36.2 Å². The van der Waals surface area contributed by atoms with Crippen LogP contribution in [0.25, 0.3) is 0 Å². The van der Waals surface area contributed by atoms with Crippen LogP contribution in [0, 0.1) is 11.3 Å². The number of halogens is 4. The molecule has 3 aromatic rings. The van der Waals surface area contributed by atoms with E-state index in [1.165, 1.54) is 50.7 Å². The van der Waals surface area contributed by atoms with Gasteiger partial charge in [0.1, 0.15) is 11.9 Å². The summed E-state index contributed by atoms with van der Waals surface area (Å²) in [4.78, 5) is 5.88. The van der Waals surface area contributed by atoms with E-state index in [1.54, 1.807) is 4.90 Å². The second-order valence-electron chi connectivity index (χ2n) is 9.04. The number of methoxy groups -OCH3 is 2. The molecule has 0 amide bonds. The van der Waals surface area contributed by atoms with E-state index in [9.17, 15) is 32.0 Å². The maximum atomic E-state index is 13.3. The van der Waals surface area contributed by atoms with Crippen molar-refractivity contribution in [3.63, 3.8) is 0 Å². The maximum Gasteiger partial charge on any atom is 0.417 e. The Morgan fingerprint density at radius 1 is 1.10 bits per heavy atom. The first-order valence-electron chi connectivity index (χ1n) is 11.8. The van der Waals surface area contributed by atoms with Gasteiger partial charge in [0, 0.05) is 19.2 Å². The van der Waals surface area contributed by atoms with E-state index in [-0.39, 0.29) is 59.2 Å². The zero-order chi connectivity index (χ0) is 29.3. The Bertz CT molecular complexity index is 1570. The molecule has 0 unspecified atom stereocenters. The summed E-state index contributed by atoms with van der Waals surface area (Å²) >= 11 is 5.71. The molecular weight excluding hydrogens is 573 g/mol. The Kier molecular flexibility index (Phi) is 8.07. The Hall–Kier alpha value is -3.73. The largest absolute Gasteiger partial charge is 0.493 e. The summed E-state index contributed by atoms with van der Waals surface area (Å²) < 4.78 is 78.5. The fourth-order valence-corrected chi connectivity index (χ4v) is 5.73. The molecule has 0 atom stereocenters. The van der Waals surface area contributed by atoms with Crippen molar-refractivity contribution in [2.24, 2.45) is 0 Å². The van der Waals surface area contributed by atoms with Gasteiger partial charge in [0.05, 0.1) is 52.7 Å². The van der Waals surface area contributed by atoms with Gasteiger partial charge in [-0.3, -0.25) is 4.72 Å². The number of nitriles is 1. The molecule has 0 saturated carbocycles. The Labute approximate surface area is 233 Å². The third kappa shape index (κ3) is 5.89. The van der Waals surface area contributed by atoms with Gasteiger partial charge in [-0.1, -0.05) is 17.7 Å². The second-order valence-corrected chi connectivity index (χ2v) is 11.1. The molecule has 2 N–H and O–H groups in total. The highest BCUT2D eigenvalue weighted by atomic mass is 35.5. The Balaban J connectivity index is 1.52. The van der Waals surface area contributed by atoms with E-state index in [0.29, 0.717) is 5.75 Å². The predicted octanol–water partition coefficient (Wildman–Crippen LogP) is 4.93. The second kappa shape index (κ2) is 11.0. The maximum absolute atomic E-state index is 13.3. The first-order chi connectivity index (χ1) is 18.8. The van der Waals surface area contributed by atoms with Crippen LogP contribution in [0.15, 0.2) is 53.6 Å². The molecule has 0 radical (unpaired) electrons. The quantitative estimate of drug-likeness (QED) is 0.393. The van der Waals surface area contributed by atoms with E-state index in [1.807, 2.05) is 6.07 Å². The number of sulfonamides is 1. The lowest BCUT2D eigenvalue weighted by atomic mass is 9.83. The van der Waals surface area contributed by atoms with Gasteiger partial charge in [0.25, 0.3) is 10.0 Å². The highest BCUT2D eigenvalue weighted by Crippen LogP contribution is 2.40. The minimum absolute atomic E-state index is 0.0458. The minimum atomic E-state index is -4.67. The number of alkyl halides is 3. The van der Waals surface area contributed by atoms with E-state index in [0.717, 1.165) is 12.1 Å². The molecule has 14 heteroatoms. The molecule has 0 aliphatic carbocycles. The van der Waals surface area contributed by atoms with Gasteiger partial charge in [-0.15, -0.1) is 0 Å². The van der Waals surface area contributed by atoms with Gasteiger partial charge < -0.3 is 19.5 Å². The van der Waals surface area contributed by atoms with Gasteiger partial charge in [-0.25, -0.2) is 13.4 Å². The van der Waals surface area contributed by atoms with Crippen LogP contribution in [-0.4, -0.2) is 45.8 Å². The van der Waals surface area contributed by atoms with Crippen molar-refractivity contribution in [2.45, 2.75) is 29.5 Å². The number of benzene rings is 2. The number of rotatable bonds is 7. The Morgan fingerprint density at radius 3 is 2.38 bits per heavy atom. The van der Waals surface area contributed by atoms with E-state index >= 15 is 0 Å². The number of hydrogen-bond acceptors (Lipinski definition) is 8. The van der Waals surface area contributed by atoms with E-state index < -0.39 is 32.4 Å². The molecule has 0 spiro atoms. The molecule has 2 aromatic carbocycles. The minimum Gasteiger partial charge on any atom is -0.493 e. The number of aromatic nitrogens is 1. The average molecular weight is 597 g/mol. The lowest BCUT2D eigenvalue weighted by molar-refractivity contribution is -0.137. The number of piperidine rings is 1. The molecule has 2 heterocycles. The van der Waals surface area contributed by atoms with Crippen LogP contribution in [0.2, 0.25) is 5.02 Å². The zero-order valence-electron chi connectivity index (χ0n) is 21.3. The molecular formula is C26H24ClF3N4O5S. The number of hydrogen-bond donors (Lipinski definition) is 2. The molecule has 40 heavy (non-hydrogen) atoms. The summed E-state index contributed by atoms with van der Waals surface area (Å²) in [5.74, 6) is 0.824. The summed E-state index contributed by atoms with van der Waals surface area (Å²) in [7, 11) is -1.27. The van der Waals surface area contributed by atoms with E-state index in [2.05, 4.69) is 9.71 Å². The smallest absolute Gasteiger partial charge is 0.417 e. The number of nitrogens with one attached hydrogen (secondary N) is 1. The number of aliphatic hydroxyl groups is 1. The molecule has 1 aliphatic rings. The summed E-state index contributed by atoms with van der Waals surface area (Å²) in [5, 5.41) is 20.4. The van der Waals surface area contributed by atoms with Gasteiger partial charge in [0.2, 0.25) is 0 Å². The summed E-state index contributed by atoms with van der Waals surface area (Å²) in [6, 6.07) is 10.7. The third-order valence-corrected chi connectivity index (χ3v) is 8.31. The van der Waals surface area contributed by atoms with Crippen molar-refractivity contribution >= 4 is 33.1 Å². The van der Waals surface area contributed by atoms with Gasteiger partial charge in [0.15, 0.2) is 11.5 Å². The highest BCUT2D eigenvalue weighted by molar-refractivity contribution is 7.92. The first kappa shape index (κ1) is 29.3. The van der Waals surface area contributed by atoms with Gasteiger partial charge in [-0.05, 0) is 48.7 Å². The molecule has 1 aliphatic heterocycles. The van der Waals surface area contributed by atoms with Crippen LogP contribution in [0.5, 0.6) is 11.5 Å². The first-order valence-corrected chi connectivity index (χ1v) is 13.7. The summed E-state index contributed by atoms with van der Waals surface area (Å²) in [6.45, 7) is 0.359. The average Bonchev–Trinajstić information content (AvgIpc) is 2.92. The number of nitrogens with zero attached hydrogens (tertiary/aromatic N) is 3. The lowest BCUT2D eigenvalue weighted by Crippen LogP contribution is -2.43. The zero-order valence-corrected chi connectivity index (χ0v) is 22.9. The molecule has 1 fully saturated rings. The van der Waals surface area contributed by atoms with Crippen LogP contribution >= 0.6 is 11.6 Å². The van der Waals surface area contributed by atoms with Gasteiger partial charge in [-0.2, -0.15) is 18.4 Å². The normalized spacial score (nSPS) is 15.3.